The lowest BCUT2D eigenvalue weighted by atomic mass is 10.1. The summed E-state index contributed by atoms with van der Waals surface area (Å²) in [5.74, 6) is 5.71. The van der Waals surface area contributed by atoms with Crippen molar-refractivity contribution in [3.8, 4) is 17.6 Å². The topological polar surface area (TPSA) is 40.5 Å². The number of aromatic hydroxyl groups is 1. The van der Waals surface area contributed by atoms with Crippen LogP contribution in [-0.2, 0) is 0 Å². The van der Waals surface area contributed by atoms with Crippen molar-refractivity contribution in [2.75, 3.05) is 0 Å². The molecular formula is C13H16O2. The van der Waals surface area contributed by atoms with Crippen molar-refractivity contribution in [3.05, 3.63) is 29.8 Å². The number of aliphatic hydroxyl groups is 1. The Hall–Kier alpha value is -1.46. The smallest absolute Gasteiger partial charge is 0.143 e. The van der Waals surface area contributed by atoms with Gasteiger partial charge in [0.05, 0.1) is 0 Å². The maximum atomic E-state index is 9.67. The number of hydrogen-bond acceptors (Lipinski definition) is 2. The Labute approximate surface area is 90.6 Å². The van der Waals surface area contributed by atoms with Crippen LogP contribution in [0.15, 0.2) is 24.3 Å². The van der Waals surface area contributed by atoms with E-state index < -0.39 is 6.10 Å². The summed E-state index contributed by atoms with van der Waals surface area (Å²) in [6.07, 6.45) is 2.05. The number of aliphatic hydroxyl groups excluding tert-OH is 1. The van der Waals surface area contributed by atoms with E-state index in [1.165, 1.54) is 0 Å². The first-order chi connectivity index (χ1) is 7.25. The molecule has 1 unspecified atom stereocenters. The monoisotopic (exact) mass is 204 g/mol. The summed E-state index contributed by atoms with van der Waals surface area (Å²) in [5, 5.41) is 19.1. The summed E-state index contributed by atoms with van der Waals surface area (Å²) in [4.78, 5) is 0. The molecule has 80 valence electrons. The maximum Gasteiger partial charge on any atom is 0.143 e. The highest BCUT2D eigenvalue weighted by atomic mass is 16.3. The van der Waals surface area contributed by atoms with Gasteiger partial charge in [-0.2, -0.15) is 0 Å². The molecule has 0 fully saturated rings. The van der Waals surface area contributed by atoms with Crippen LogP contribution in [0.4, 0.5) is 0 Å². The predicted molar refractivity (Wildman–Crippen MR) is 60.4 cm³/mol. The van der Waals surface area contributed by atoms with Gasteiger partial charge in [-0.3, -0.25) is 0 Å². The van der Waals surface area contributed by atoms with Gasteiger partial charge in [0.2, 0.25) is 0 Å². The van der Waals surface area contributed by atoms with Gasteiger partial charge in [0, 0.05) is 12.0 Å². The minimum atomic E-state index is -0.886. The van der Waals surface area contributed by atoms with Crippen LogP contribution < -0.4 is 0 Å². The number of phenols is 1. The van der Waals surface area contributed by atoms with E-state index in [0.29, 0.717) is 5.56 Å². The molecule has 0 bridgehead atoms. The van der Waals surface area contributed by atoms with Gasteiger partial charge in [0.15, 0.2) is 0 Å². The number of phenolic OH excluding ortho intramolecular Hbond substituents is 1. The van der Waals surface area contributed by atoms with Crippen LogP contribution in [-0.4, -0.2) is 10.2 Å². The van der Waals surface area contributed by atoms with Gasteiger partial charge in [-0.1, -0.05) is 37.5 Å². The second-order valence-corrected chi connectivity index (χ2v) is 3.39. The highest BCUT2D eigenvalue weighted by molar-refractivity contribution is 5.37. The molecule has 2 heteroatoms. The average molecular weight is 204 g/mol. The van der Waals surface area contributed by atoms with E-state index in [-0.39, 0.29) is 5.75 Å². The third-order valence-electron chi connectivity index (χ3n) is 2.13. The molecule has 1 rings (SSSR count). The minimum absolute atomic E-state index is 0.0924. The molecule has 15 heavy (non-hydrogen) atoms. The number of para-hydroxylation sites is 1. The van der Waals surface area contributed by atoms with Gasteiger partial charge in [0.25, 0.3) is 0 Å². The molecule has 0 radical (unpaired) electrons. The number of hydrogen-bond donors (Lipinski definition) is 2. The molecule has 1 aromatic carbocycles. The largest absolute Gasteiger partial charge is 0.508 e. The molecule has 1 atom stereocenters. The van der Waals surface area contributed by atoms with Gasteiger partial charge in [-0.05, 0) is 12.5 Å². The first kappa shape index (κ1) is 11.6. The van der Waals surface area contributed by atoms with E-state index in [9.17, 15) is 10.2 Å². The molecule has 0 saturated carbocycles. The highest BCUT2D eigenvalue weighted by Crippen LogP contribution is 2.22. The molecule has 0 spiro atoms. The van der Waals surface area contributed by atoms with Gasteiger partial charge in [-0.15, -0.1) is 5.92 Å². The van der Waals surface area contributed by atoms with E-state index in [4.69, 9.17) is 0 Å². The zero-order valence-electron chi connectivity index (χ0n) is 8.90. The van der Waals surface area contributed by atoms with Crippen LogP contribution in [0.5, 0.6) is 5.75 Å². The Bertz CT molecular complexity index is 360. The molecule has 1 aromatic rings. The van der Waals surface area contributed by atoms with Crippen molar-refractivity contribution < 1.29 is 10.2 Å². The van der Waals surface area contributed by atoms with E-state index in [1.54, 1.807) is 24.3 Å². The second kappa shape index (κ2) is 6.10. The van der Waals surface area contributed by atoms with Gasteiger partial charge in [-0.25, -0.2) is 0 Å². The molecule has 2 N–H and O–H groups in total. The quantitative estimate of drug-likeness (QED) is 0.587. The molecule has 0 aromatic heterocycles. The van der Waals surface area contributed by atoms with Gasteiger partial charge < -0.3 is 10.2 Å². The fourth-order valence-electron chi connectivity index (χ4n) is 1.23. The fraction of sp³-hybridized carbons (Fsp3) is 0.385. The lowest BCUT2D eigenvalue weighted by Gasteiger charge is -2.05. The number of benzene rings is 1. The third kappa shape index (κ3) is 3.65. The van der Waals surface area contributed by atoms with E-state index in [0.717, 1.165) is 19.3 Å². The normalized spacial score (nSPS) is 11.6. The summed E-state index contributed by atoms with van der Waals surface area (Å²) in [6, 6.07) is 6.71. The van der Waals surface area contributed by atoms with Crippen molar-refractivity contribution in [1.29, 1.82) is 0 Å². The summed E-state index contributed by atoms with van der Waals surface area (Å²) in [5.41, 5.74) is 0.474. The van der Waals surface area contributed by atoms with E-state index in [1.807, 2.05) is 0 Å². The lowest BCUT2D eigenvalue weighted by molar-refractivity contribution is 0.233. The lowest BCUT2D eigenvalue weighted by Crippen LogP contribution is -1.93. The minimum Gasteiger partial charge on any atom is -0.508 e. The van der Waals surface area contributed by atoms with Gasteiger partial charge in [0.1, 0.15) is 11.9 Å². The predicted octanol–water partition coefficient (Wildman–Crippen LogP) is 2.62. The van der Waals surface area contributed by atoms with Crippen LogP contribution in [0, 0.1) is 11.8 Å². The summed E-state index contributed by atoms with van der Waals surface area (Å²) in [7, 11) is 0. The van der Waals surface area contributed by atoms with Crippen molar-refractivity contribution >= 4 is 0 Å². The Balaban J connectivity index is 2.63. The van der Waals surface area contributed by atoms with Crippen LogP contribution in [0.1, 0.15) is 37.9 Å². The first-order valence-corrected chi connectivity index (χ1v) is 5.20. The second-order valence-electron chi connectivity index (χ2n) is 3.39. The van der Waals surface area contributed by atoms with Crippen LogP contribution in [0.2, 0.25) is 0 Å². The molecular weight excluding hydrogens is 188 g/mol. The summed E-state index contributed by atoms with van der Waals surface area (Å²) in [6.45, 7) is 2.10. The SMILES string of the molecule is CCCCC#CC(O)c1ccccc1O. The van der Waals surface area contributed by atoms with Crippen LogP contribution in [0.3, 0.4) is 0 Å². The third-order valence-corrected chi connectivity index (χ3v) is 2.13. The Morgan fingerprint density at radius 2 is 2.07 bits per heavy atom. The summed E-state index contributed by atoms with van der Waals surface area (Å²) < 4.78 is 0. The molecule has 0 aliphatic heterocycles. The maximum absolute atomic E-state index is 9.67. The van der Waals surface area contributed by atoms with Crippen molar-refractivity contribution in [2.24, 2.45) is 0 Å². The van der Waals surface area contributed by atoms with Crippen molar-refractivity contribution in [1.82, 2.24) is 0 Å². The zero-order chi connectivity index (χ0) is 11.1. The van der Waals surface area contributed by atoms with Crippen LogP contribution >= 0.6 is 0 Å². The number of unbranched alkanes of at least 4 members (excludes halogenated alkanes) is 2. The molecule has 2 nitrogen and oxygen atoms in total. The molecule has 0 aliphatic carbocycles. The molecule has 0 amide bonds. The average Bonchev–Trinajstić information content (AvgIpc) is 2.25. The highest BCUT2D eigenvalue weighted by Gasteiger charge is 2.07. The fourth-order valence-corrected chi connectivity index (χ4v) is 1.23. The molecule has 0 aliphatic rings. The number of rotatable bonds is 3. The van der Waals surface area contributed by atoms with Crippen molar-refractivity contribution in [3.63, 3.8) is 0 Å². The Morgan fingerprint density at radius 1 is 1.33 bits per heavy atom. The van der Waals surface area contributed by atoms with Gasteiger partial charge >= 0.3 is 0 Å². The first-order valence-electron chi connectivity index (χ1n) is 5.20. The van der Waals surface area contributed by atoms with Crippen LogP contribution in [0.25, 0.3) is 0 Å². The summed E-state index contributed by atoms with van der Waals surface area (Å²) >= 11 is 0. The van der Waals surface area contributed by atoms with Crippen molar-refractivity contribution in [2.45, 2.75) is 32.3 Å². The van der Waals surface area contributed by atoms with E-state index >= 15 is 0 Å². The Morgan fingerprint density at radius 3 is 2.73 bits per heavy atom. The standard InChI is InChI=1S/C13H16O2/c1-2-3-4-5-9-12(14)11-8-6-7-10-13(11)15/h6-8,10,12,14-15H,2-4H2,1H3. The van der Waals surface area contributed by atoms with E-state index in [2.05, 4.69) is 18.8 Å². The zero-order valence-corrected chi connectivity index (χ0v) is 8.90. The Kier molecular flexibility index (Phi) is 4.73. The molecule has 0 saturated heterocycles. The molecule has 0 heterocycles.